The summed E-state index contributed by atoms with van der Waals surface area (Å²) in [5, 5.41) is 4.31. The van der Waals surface area contributed by atoms with Gasteiger partial charge in [-0.25, -0.2) is 8.42 Å². The van der Waals surface area contributed by atoms with Crippen LogP contribution in [0, 0.1) is 13.8 Å². The van der Waals surface area contributed by atoms with Crippen LogP contribution in [0.3, 0.4) is 0 Å². The Labute approximate surface area is 236 Å². The zero-order chi connectivity index (χ0) is 27.0. The fraction of sp³-hybridized carbons (Fsp3) is 0.276. The van der Waals surface area contributed by atoms with Crippen LogP contribution in [0.4, 0.5) is 0 Å². The van der Waals surface area contributed by atoms with Crippen LogP contribution < -0.4 is 5.32 Å². The van der Waals surface area contributed by atoms with Crippen LogP contribution in [0.25, 0.3) is 10.9 Å². The van der Waals surface area contributed by atoms with Crippen LogP contribution >= 0.6 is 27.5 Å². The number of nitrogens with zero attached hydrogens (tertiary/aromatic N) is 1. The van der Waals surface area contributed by atoms with E-state index in [9.17, 15) is 13.2 Å². The van der Waals surface area contributed by atoms with Crippen LogP contribution in [-0.2, 0) is 16.4 Å². The molecule has 0 bridgehead atoms. The second kappa shape index (κ2) is 10.8. The molecule has 1 aliphatic heterocycles. The summed E-state index contributed by atoms with van der Waals surface area (Å²) in [5.74, 6) is -0.409. The van der Waals surface area contributed by atoms with E-state index in [1.807, 2.05) is 44.2 Å². The van der Waals surface area contributed by atoms with Gasteiger partial charge in [0.1, 0.15) is 10.6 Å². The standard InChI is InChI=1S/C29H29BrClN3O3S/c1-18-12-19(2)14-24(13-18)38(36,37)28-25-16-21(30)6-7-26(25)33-27(28)29(35)32-23-8-10-34(11-9-23)17-20-4-3-5-22(31)15-20/h3-7,12-16,23,33H,8-11,17H2,1-2H3,(H,32,35). The van der Waals surface area contributed by atoms with E-state index < -0.39 is 15.7 Å². The Hall–Kier alpha value is -2.65. The molecule has 4 aromatic rings. The molecule has 198 valence electrons. The summed E-state index contributed by atoms with van der Waals surface area (Å²) in [6.07, 6.45) is 1.55. The van der Waals surface area contributed by atoms with E-state index in [0.717, 1.165) is 58.7 Å². The highest BCUT2D eigenvalue weighted by molar-refractivity contribution is 9.10. The number of nitrogens with one attached hydrogen (secondary N) is 2. The van der Waals surface area contributed by atoms with Crippen molar-refractivity contribution in [2.45, 2.75) is 49.1 Å². The third-order valence-electron chi connectivity index (χ3n) is 6.93. The van der Waals surface area contributed by atoms with Gasteiger partial charge in [0.2, 0.25) is 9.84 Å². The zero-order valence-corrected chi connectivity index (χ0v) is 24.4. The van der Waals surface area contributed by atoms with E-state index in [0.29, 0.717) is 10.9 Å². The molecule has 0 radical (unpaired) electrons. The van der Waals surface area contributed by atoms with Gasteiger partial charge in [0, 0.05) is 46.1 Å². The molecule has 3 aromatic carbocycles. The molecule has 2 N–H and O–H groups in total. The maximum Gasteiger partial charge on any atom is 0.269 e. The van der Waals surface area contributed by atoms with E-state index in [1.54, 1.807) is 24.3 Å². The van der Waals surface area contributed by atoms with Crippen molar-refractivity contribution < 1.29 is 13.2 Å². The molecule has 1 fully saturated rings. The molecule has 0 unspecified atom stereocenters. The van der Waals surface area contributed by atoms with E-state index >= 15 is 0 Å². The normalized spacial score (nSPS) is 15.2. The molecule has 1 aromatic heterocycles. The second-order valence-corrected chi connectivity index (χ2v) is 13.2. The second-order valence-electron chi connectivity index (χ2n) is 10.00. The van der Waals surface area contributed by atoms with E-state index in [1.165, 1.54) is 0 Å². The smallest absolute Gasteiger partial charge is 0.269 e. The Balaban J connectivity index is 1.40. The van der Waals surface area contributed by atoms with Crippen molar-refractivity contribution in [3.05, 3.63) is 92.5 Å². The van der Waals surface area contributed by atoms with Crippen molar-refractivity contribution in [1.82, 2.24) is 15.2 Å². The van der Waals surface area contributed by atoms with Gasteiger partial charge in [-0.3, -0.25) is 9.69 Å². The maximum atomic E-state index is 14.0. The summed E-state index contributed by atoms with van der Waals surface area (Å²) in [4.78, 5) is 19.2. The van der Waals surface area contributed by atoms with Gasteiger partial charge in [0.05, 0.1) is 4.90 Å². The first kappa shape index (κ1) is 26.9. The predicted octanol–water partition coefficient (Wildman–Crippen LogP) is 6.43. The van der Waals surface area contributed by atoms with Gasteiger partial charge in [-0.15, -0.1) is 0 Å². The lowest BCUT2D eigenvalue weighted by atomic mass is 10.0. The highest BCUT2D eigenvalue weighted by Crippen LogP contribution is 2.34. The first-order valence-corrected chi connectivity index (χ1v) is 15.2. The van der Waals surface area contributed by atoms with Crippen LogP contribution in [0.5, 0.6) is 0 Å². The highest BCUT2D eigenvalue weighted by Gasteiger charge is 2.31. The molecule has 1 aliphatic rings. The Morgan fingerprint density at radius 1 is 1.05 bits per heavy atom. The van der Waals surface area contributed by atoms with Crippen molar-refractivity contribution >= 4 is 54.2 Å². The third-order valence-corrected chi connectivity index (χ3v) is 9.48. The van der Waals surface area contributed by atoms with Crippen LogP contribution in [-0.4, -0.2) is 43.3 Å². The van der Waals surface area contributed by atoms with E-state index in [2.05, 4.69) is 37.2 Å². The molecule has 9 heteroatoms. The molecule has 0 aliphatic carbocycles. The number of piperidine rings is 1. The van der Waals surface area contributed by atoms with Crippen molar-refractivity contribution in [2.24, 2.45) is 0 Å². The van der Waals surface area contributed by atoms with Crippen LogP contribution in [0.2, 0.25) is 5.02 Å². The number of benzene rings is 3. The fourth-order valence-corrected chi connectivity index (χ4v) is 7.53. The number of aromatic amines is 1. The molecular weight excluding hydrogens is 586 g/mol. The number of halogens is 2. The van der Waals surface area contributed by atoms with Crippen molar-refractivity contribution in [3.8, 4) is 0 Å². The highest BCUT2D eigenvalue weighted by atomic mass is 79.9. The van der Waals surface area contributed by atoms with Crippen molar-refractivity contribution in [3.63, 3.8) is 0 Å². The lowest BCUT2D eigenvalue weighted by Crippen LogP contribution is -2.44. The fourth-order valence-electron chi connectivity index (χ4n) is 5.17. The lowest BCUT2D eigenvalue weighted by molar-refractivity contribution is 0.0901. The first-order chi connectivity index (χ1) is 18.1. The third kappa shape index (κ3) is 5.69. The number of sulfone groups is 1. The number of likely N-dealkylation sites (tertiary alicyclic amines) is 1. The maximum absolute atomic E-state index is 14.0. The number of carbonyl (C=O) groups excluding carboxylic acids is 1. The average Bonchev–Trinajstić information content (AvgIpc) is 3.24. The SMILES string of the molecule is Cc1cc(C)cc(S(=O)(=O)c2c(C(=O)NC3CCN(Cc4cccc(Cl)c4)CC3)[nH]c3ccc(Br)cc23)c1. The van der Waals surface area contributed by atoms with Gasteiger partial charge in [0.15, 0.2) is 0 Å². The number of H-pyrrole nitrogens is 1. The van der Waals surface area contributed by atoms with Gasteiger partial charge >= 0.3 is 0 Å². The van der Waals surface area contributed by atoms with Gasteiger partial charge < -0.3 is 10.3 Å². The molecule has 38 heavy (non-hydrogen) atoms. The van der Waals surface area contributed by atoms with Gasteiger partial charge in [-0.05, 0) is 85.8 Å². The quantitative estimate of drug-likeness (QED) is 0.262. The molecule has 0 saturated carbocycles. The van der Waals surface area contributed by atoms with Crippen molar-refractivity contribution in [1.29, 1.82) is 0 Å². The van der Waals surface area contributed by atoms with Crippen LogP contribution in [0.1, 0.15) is 40.0 Å². The minimum Gasteiger partial charge on any atom is -0.349 e. The predicted molar refractivity (Wildman–Crippen MR) is 155 cm³/mol. The van der Waals surface area contributed by atoms with E-state index in [4.69, 9.17) is 11.6 Å². The molecule has 5 rings (SSSR count). The molecule has 2 heterocycles. The summed E-state index contributed by atoms with van der Waals surface area (Å²) in [6.45, 7) is 6.18. The Morgan fingerprint density at radius 3 is 2.45 bits per heavy atom. The number of amides is 1. The molecular formula is C29H29BrClN3O3S. The first-order valence-electron chi connectivity index (χ1n) is 12.5. The topological polar surface area (TPSA) is 82.3 Å². The van der Waals surface area contributed by atoms with E-state index in [-0.39, 0.29) is 21.5 Å². The minimum absolute atomic E-state index is 0.00897. The van der Waals surface area contributed by atoms with Gasteiger partial charge in [-0.1, -0.05) is 45.7 Å². The summed E-state index contributed by atoms with van der Waals surface area (Å²) < 4.78 is 28.6. The number of fused-ring (bicyclic) bond motifs is 1. The van der Waals surface area contributed by atoms with Gasteiger partial charge in [-0.2, -0.15) is 0 Å². The van der Waals surface area contributed by atoms with Crippen molar-refractivity contribution in [2.75, 3.05) is 13.1 Å². The Morgan fingerprint density at radius 2 is 1.76 bits per heavy atom. The molecule has 1 saturated heterocycles. The Kier molecular flexibility index (Phi) is 7.69. The average molecular weight is 615 g/mol. The minimum atomic E-state index is -3.98. The molecule has 1 amide bonds. The number of aryl methyl sites for hydroxylation is 2. The lowest BCUT2D eigenvalue weighted by Gasteiger charge is -2.32. The molecule has 6 nitrogen and oxygen atoms in total. The van der Waals surface area contributed by atoms with Crippen LogP contribution in [0.15, 0.2) is 74.9 Å². The number of rotatable bonds is 6. The molecule has 0 atom stereocenters. The number of aromatic nitrogens is 1. The van der Waals surface area contributed by atoms with Gasteiger partial charge in [0.25, 0.3) is 5.91 Å². The zero-order valence-electron chi connectivity index (χ0n) is 21.2. The number of carbonyl (C=O) groups is 1. The molecule has 0 spiro atoms. The summed E-state index contributed by atoms with van der Waals surface area (Å²) in [7, 11) is -3.98. The Bertz CT molecular complexity index is 1610. The summed E-state index contributed by atoms with van der Waals surface area (Å²) in [6, 6.07) is 18.4. The monoisotopic (exact) mass is 613 g/mol. The number of hydrogen-bond donors (Lipinski definition) is 2. The largest absolute Gasteiger partial charge is 0.349 e. The number of hydrogen-bond acceptors (Lipinski definition) is 4. The summed E-state index contributed by atoms with van der Waals surface area (Å²) in [5.41, 5.74) is 3.52. The summed E-state index contributed by atoms with van der Waals surface area (Å²) >= 11 is 9.57.